The summed E-state index contributed by atoms with van der Waals surface area (Å²) in [7, 11) is 2.00. The number of carbonyl (C=O) groups excluding carboxylic acids is 1. The molecule has 0 aliphatic rings. The van der Waals surface area contributed by atoms with E-state index in [1.54, 1.807) is 6.29 Å². The van der Waals surface area contributed by atoms with E-state index in [1.165, 1.54) is 0 Å². The molecule has 0 amide bonds. The Bertz CT molecular complexity index is 207. The van der Waals surface area contributed by atoms with E-state index < -0.39 is 0 Å². The first-order valence-electron chi connectivity index (χ1n) is 4.21. The summed E-state index contributed by atoms with van der Waals surface area (Å²) in [4.78, 5) is 12.1. The maximum Gasteiger partial charge on any atom is 1.00 e. The van der Waals surface area contributed by atoms with E-state index in [0.29, 0.717) is 0 Å². The first kappa shape index (κ1) is 16.3. The molecule has 0 bridgehead atoms. The molecule has 0 N–H and O–H groups in total. The summed E-state index contributed by atoms with van der Waals surface area (Å²) in [6.45, 7) is 7.09. The van der Waals surface area contributed by atoms with E-state index in [4.69, 9.17) is 0 Å². The average molecular weight is 205 g/mol. The van der Waals surface area contributed by atoms with Gasteiger partial charge in [-0.1, -0.05) is 20.8 Å². The summed E-state index contributed by atoms with van der Waals surface area (Å²) in [6.07, 6.45) is 2.51. The van der Waals surface area contributed by atoms with E-state index in [9.17, 15) is 4.79 Å². The second-order valence-electron chi connectivity index (χ2n) is 2.99. The fraction of sp³-hybridized carbons (Fsp3) is 0.700. The summed E-state index contributed by atoms with van der Waals surface area (Å²) >= 11 is 0. The molecule has 0 aromatic rings. The molecule has 0 aromatic carbocycles. The van der Waals surface area contributed by atoms with Crippen LogP contribution in [0.3, 0.4) is 0 Å². The van der Waals surface area contributed by atoms with Crippen molar-refractivity contribution in [1.82, 2.24) is 4.90 Å². The molecular formula is C10H16KNO. The predicted octanol–water partition coefficient (Wildman–Crippen LogP) is -1.78. The molecule has 0 aliphatic carbocycles. The monoisotopic (exact) mass is 205 g/mol. The van der Waals surface area contributed by atoms with Gasteiger partial charge in [0.15, 0.2) is 0 Å². The van der Waals surface area contributed by atoms with Crippen LogP contribution in [0.1, 0.15) is 27.2 Å². The molecule has 0 radical (unpaired) electrons. The molecule has 13 heavy (non-hydrogen) atoms. The largest absolute Gasteiger partial charge is 1.00 e. The van der Waals surface area contributed by atoms with Gasteiger partial charge < -0.3 is 15.6 Å². The van der Waals surface area contributed by atoms with E-state index >= 15 is 0 Å². The van der Waals surface area contributed by atoms with Crippen LogP contribution >= 0.6 is 0 Å². The van der Waals surface area contributed by atoms with Crippen molar-refractivity contribution in [2.75, 3.05) is 13.6 Å². The molecular weight excluding hydrogens is 189 g/mol. The fourth-order valence-corrected chi connectivity index (χ4v) is 0.963. The van der Waals surface area contributed by atoms with Crippen LogP contribution in [0.2, 0.25) is 0 Å². The van der Waals surface area contributed by atoms with Gasteiger partial charge in [-0.25, -0.2) is 0 Å². The standard InChI is InChI=1S/C10H16NO.K/c1-5-10(3,8-7-9-12)11(4)6-2;/h5-6H2,1-4H3;/q-1;+1. The SMILES string of the molecule is CCN(C)C(C)(C#C[C-]=O)CC.[K+]. The van der Waals surface area contributed by atoms with Crippen LogP contribution in [-0.4, -0.2) is 30.3 Å². The zero-order valence-electron chi connectivity index (χ0n) is 9.27. The molecule has 1 unspecified atom stereocenters. The Morgan fingerprint density at radius 3 is 2.31 bits per heavy atom. The number of hydrogen-bond acceptors (Lipinski definition) is 2. The summed E-state index contributed by atoms with van der Waals surface area (Å²) < 4.78 is 0. The topological polar surface area (TPSA) is 20.3 Å². The van der Waals surface area contributed by atoms with Gasteiger partial charge >= 0.3 is 51.4 Å². The van der Waals surface area contributed by atoms with Crippen LogP contribution in [-0.2, 0) is 4.79 Å². The van der Waals surface area contributed by atoms with Crippen LogP contribution < -0.4 is 51.4 Å². The molecule has 3 heteroatoms. The molecule has 0 aliphatic heterocycles. The summed E-state index contributed by atoms with van der Waals surface area (Å²) in [5.41, 5.74) is -0.188. The van der Waals surface area contributed by atoms with Crippen molar-refractivity contribution in [3.8, 4) is 11.8 Å². The minimum atomic E-state index is -0.188. The van der Waals surface area contributed by atoms with Crippen molar-refractivity contribution < 1.29 is 56.2 Å². The summed E-state index contributed by atoms with van der Waals surface area (Å²) in [6, 6.07) is 0. The van der Waals surface area contributed by atoms with E-state index in [0.717, 1.165) is 13.0 Å². The van der Waals surface area contributed by atoms with Crippen LogP contribution in [0.4, 0.5) is 0 Å². The number of nitrogens with zero attached hydrogens (tertiary/aromatic N) is 1. The molecule has 0 heterocycles. The molecule has 68 valence electrons. The Labute approximate surface area is 124 Å². The molecule has 0 rings (SSSR count). The van der Waals surface area contributed by atoms with Gasteiger partial charge in [-0.3, -0.25) is 5.92 Å². The maximum atomic E-state index is 9.96. The molecule has 0 saturated carbocycles. The molecule has 1 atom stereocenters. The van der Waals surface area contributed by atoms with Gasteiger partial charge in [0.2, 0.25) is 0 Å². The Morgan fingerprint density at radius 1 is 1.46 bits per heavy atom. The second-order valence-corrected chi connectivity index (χ2v) is 2.99. The van der Waals surface area contributed by atoms with Crippen molar-refractivity contribution in [3.05, 3.63) is 0 Å². The van der Waals surface area contributed by atoms with Crippen molar-refractivity contribution >= 4 is 6.29 Å². The minimum Gasteiger partial charge on any atom is -0.409 e. The maximum absolute atomic E-state index is 9.96. The Balaban J connectivity index is 0. The zero-order chi connectivity index (χ0) is 9.61. The van der Waals surface area contributed by atoms with Crippen molar-refractivity contribution in [2.45, 2.75) is 32.7 Å². The van der Waals surface area contributed by atoms with Crippen molar-refractivity contribution in [2.24, 2.45) is 0 Å². The van der Waals surface area contributed by atoms with Gasteiger partial charge in [0.1, 0.15) is 0 Å². The Kier molecular flexibility index (Phi) is 10.2. The number of hydrogen-bond donors (Lipinski definition) is 0. The Morgan fingerprint density at radius 2 is 2.00 bits per heavy atom. The van der Waals surface area contributed by atoms with Gasteiger partial charge in [0.05, 0.1) is 0 Å². The van der Waals surface area contributed by atoms with Gasteiger partial charge in [-0.15, -0.1) is 0 Å². The summed E-state index contributed by atoms with van der Waals surface area (Å²) in [5, 5.41) is 0. The fourth-order valence-electron chi connectivity index (χ4n) is 0.963. The molecule has 0 saturated heterocycles. The number of rotatable bonds is 3. The normalized spacial score (nSPS) is 13.6. The molecule has 0 fully saturated rings. The minimum absolute atomic E-state index is 0. The predicted molar refractivity (Wildman–Crippen MR) is 50.5 cm³/mol. The third-order valence-electron chi connectivity index (χ3n) is 2.39. The first-order valence-corrected chi connectivity index (χ1v) is 4.21. The van der Waals surface area contributed by atoms with E-state index in [2.05, 4.69) is 30.6 Å². The van der Waals surface area contributed by atoms with Gasteiger partial charge in [0, 0.05) is 6.29 Å². The van der Waals surface area contributed by atoms with E-state index in [-0.39, 0.29) is 56.9 Å². The molecule has 0 aromatic heterocycles. The molecule has 2 nitrogen and oxygen atoms in total. The third kappa shape index (κ3) is 5.31. The van der Waals surface area contributed by atoms with Crippen LogP contribution in [0, 0.1) is 11.8 Å². The smallest absolute Gasteiger partial charge is 0.409 e. The van der Waals surface area contributed by atoms with Gasteiger partial charge in [0.25, 0.3) is 0 Å². The Hall–Kier alpha value is 0.826. The van der Waals surface area contributed by atoms with Crippen molar-refractivity contribution in [3.63, 3.8) is 0 Å². The average Bonchev–Trinajstić information content (AvgIpc) is 2.12. The quantitative estimate of drug-likeness (QED) is 0.309. The second kappa shape index (κ2) is 8.16. The van der Waals surface area contributed by atoms with Gasteiger partial charge in [-0.2, -0.15) is 0 Å². The zero-order valence-corrected chi connectivity index (χ0v) is 12.4. The third-order valence-corrected chi connectivity index (χ3v) is 2.39. The van der Waals surface area contributed by atoms with Gasteiger partial charge in [-0.05, 0) is 25.6 Å². The van der Waals surface area contributed by atoms with Crippen molar-refractivity contribution in [1.29, 1.82) is 0 Å². The summed E-state index contributed by atoms with van der Waals surface area (Å²) in [5.74, 6) is 5.26. The van der Waals surface area contributed by atoms with E-state index in [1.807, 2.05) is 14.0 Å². The molecule has 0 spiro atoms. The van der Waals surface area contributed by atoms with Crippen LogP contribution in [0.25, 0.3) is 0 Å². The van der Waals surface area contributed by atoms with Crippen LogP contribution in [0.15, 0.2) is 0 Å². The van der Waals surface area contributed by atoms with Crippen LogP contribution in [0.5, 0.6) is 0 Å². The first-order chi connectivity index (χ1) is 5.60.